The maximum atomic E-state index is 13.8. The van der Waals surface area contributed by atoms with Gasteiger partial charge in [0.25, 0.3) is 5.92 Å². The van der Waals surface area contributed by atoms with Gasteiger partial charge in [0.15, 0.2) is 0 Å². The first-order valence-corrected chi connectivity index (χ1v) is 5.87. The summed E-state index contributed by atoms with van der Waals surface area (Å²) in [5, 5.41) is 14.3. The highest BCUT2D eigenvalue weighted by Gasteiger charge is 2.48. The molecule has 0 radical (unpaired) electrons. The lowest BCUT2D eigenvalue weighted by Crippen LogP contribution is -2.41. The highest BCUT2D eigenvalue weighted by Crippen LogP contribution is 2.44. The quantitative estimate of drug-likeness (QED) is 0.573. The first kappa shape index (κ1) is 12.7. The molecule has 0 aromatic heterocycles. The number of hydrogen-bond acceptors (Lipinski definition) is 5. The van der Waals surface area contributed by atoms with Crippen molar-refractivity contribution in [1.82, 2.24) is 10.0 Å². The Balaban J connectivity index is 2.37. The van der Waals surface area contributed by atoms with Crippen molar-refractivity contribution in [2.75, 3.05) is 0 Å². The predicted octanol–water partition coefficient (Wildman–Crippen LogP) is 1.95. The minimum absolute atomic E-state index is 0.329. The normalized spacial score (nSPS) is 21.9. The summed E-state index contributed by atoms with van der Waals surface area (Å²) in [7, 11) is 0. The summed E-state index contributed by atoms with van der Waals surface area (Å²) in [5.41, 5.74) is 4.20. The Morgan fingerprint density at radius 1 is 1.59 bits per heavy atom. The van der Waals surface area contributed by atoms with Gasteiger partial charge in [-0.1, -0.05) is 18.2 Å². The number of nitrogens with one attached hydrogen (secondary N) is 1. The molecular weight excluding hydrogens is 248 g/mol. The van der Waals surface area contributed by atoms with Crippen molar-refractivity contribution in [2.24, 2.45) is 5.14 Å². The second-order valence-corrected chi connectivity index (χ2v) is 4.58. The number of hydrazine groups is 1. The second-order valence-electron chi connectivity index (χ2n) is 4.03. The Kier molecular flexibility index (Phi) is 3.37. The molecule has 7 heteroatoms. The molecule has 1 aliphatic carbocycles. The number of hydrogen-bond donors (Lipinski definition) is 3. The van der Waals surface area contributed by atoms with Gasteiger partial charge in [-0.15, -0.1) is 0 Å². The van der Waals surface area contributed by atoms with E-state index in [1.165, 1.54) is 0 Å². The number of nitrogens with zero attached hydrogens (tertiary/aromatic N) is 1. The SMILES string of the molecule is Cc1cccc2c1C(NN(O)SN)C(F)(F)C2. The topological polar surface area (TPSA) is 61.5 Å². The number of rotatable bonds is 3. The zero-order valence-electron chi connectivity index (χ0n) is 9.15. The van der Waals surface area contributed by atoms with Crippen LogP contribution in [0.15, 0.2) is 18.2 Å². The van der Waals surface area contributed by atoms with E-state index in [2.05, 4.69) is 5.43 Å². The molecule has 4 N–H and O–H groups in total. The fourth-order valence-electron chi connectivity index (χ4n) is 2.18. The Bertz CT molecular complexity index is 430. The molecular formula is C10H13F2N3OS. The van der Waals surface area contributed by atoms with Gasteiger partial charge in [0.2, 0.25) is 0 Å². The monoisotopic (exact) mass is 261 g/mol. The van der Waals surface area contributed by atoms with Gasteiger partial charge in [-0.2, -0.15) is 0 Å². The third kappa shape index (κ3) is 2.29. The minimum atomic E-state index is -2.94. The lowest BCUT2D eigenvalue weighted by atomic mass is 10.0. The number of halogens is 2. The molecule has 0 spiro atoms. The highest BCUT2D eigenvalue weighted by molar-refractivity contribution is 7.94. The second kappa shape index (κ2) is 4.51. The zero-order chi connectivity index (χ0) is 12.6. The van der Waals surface area contributed by atoms with Crippen molar-refractivity contribution in [2.45, 2.75) is 25.3 Å². The maximum absolute atomic E-state index is 13.8. The minimum Gasteiger partial charge on any atom is -0.288 e. The number of nitrogens with two attached hydrogens (primary N) is 1. The first-order chi connectivity index (χ1) is 7.95. The molecule has 4 nitrogen and oxygen atoms in total. The molecule has 1 aromatic rings. The molecule has 94 valence electrons. The van der Waals surface area contributed by atoms with Crippen LogP contribution in [-0.4, -0.2) is 15.7 Å². The average molecular weight is 261 g/mol. The summed E-state index contributed by atoms with van der Waals surface area (Å²) in [6.07, 6.45) is -0.329. The number of fused-ring (bicyclic) bond motifs is 1. The van der Waals surface area contributed by atoms with Crippen LogP contribution in [-0.2, 0) is 6.42 Å². The molecule has 1 unspecified atom stereocenters. The van der Waals surface area contributed by atoms with Gasteiger partial charge < -0.3 is 0 Å². The molecule has 0 heterocycles. The van der Waals surface area contributed by atoms with E-state index in [-0.39, 0.29) is 6.42 Å². The lowest BCUT2D eigenvalue weighted by molar-refractivity contribution is -0.102. The van der Waals surface area contributed by atoms with E-state index in [1.807, 2.05) is 0 Å². The van der Waals surface area contributed by atoms with E-state index in [4.69, 9.17) is 5.14 Å². The van der Waals surface area contributed by atoms with Crippen LogP contribution < -0.4 is 10.6 Å². The summed E-state index contributed by atoms with van der Waals surface area (Å²) in [4.78, 5) is 0. The fraction of sp³-hybridized carbons (Fsp3) is 0.400. The fourth-order valence-corrected chi connectivity index (χ4v) is 2.34. The van der Waals surface area contributed by atoms with E-state index >= 15 is 0 Å². The van der Waals surface area contributed by atoms with E-state index in [0.29, 0.717) is 27.8 Å². The van der Waals surface area contributed by atoms with Crippen molar-refractivity contribution in [1.29, 1.82) is 0 Å². The van der Waals surface area contributed by atoms with Crippen LogP contribution in [0.4, 0.5) is 8.78 Å². The molecule has 0 saturated heterocycles. The third-order valence-corrected chi connectivity index (χ3v) is 3.20. The zero-order valence-corrected chi connectivity index (χ0v) is 9.97. The van der Waals surface area contributed by atoms with Crippen molar-refractivity contribution < 1.29 is 14.0 Å². The van der Waals surface area contributed by atoms with Crippen LogP contribution in [0, 0.1) is 6.92 Å². The van der Waals surface area contributed by atoms with E-state index < -0.39 is 12.0 Å². The smallest absolute Gasteiger partial charge is 0.272 e. The van der Waals surface area contributed by atoms with Gasteiger partial charge in [0.1, 0.15) is 6.04 Å². The molecule has 1 aliphatic rings. The Morgan fingerprint density at radius 2 is 2.29 bits per heavy atom. The summed E-state index contributed by atoms with van der Waals surface area (Å²) in [6.45, 7) is 1.77. The molecule has 0 aliphatic heterocycles. The average Bonchev–Trinajstić information content (AvgIpc) is 2.51. The van der Waals surface area contributed by atoms with Crippen LogP contribution >= 0.6 is 12.1 Å². The first-order valence-electron chi connectivity index (χ1n) is 5.04. The Morgan fingerprint density at radius 3 is 2.94 bits per heavy atom. The van der Waals surface area contributed by atoms with Crippen LogP contribution in [0.2, 0.25) is 0 Å². The molecule has 1 aromatic carbocycles. The molecule has 0 fully saturated rings. The van der Waals surface area contributed by atoms with Gasteiger partial charge in [0.05, 0.1) is 0 Å². The largest absolute Gasteiger partial charge is 0.288 e. The van der Waals surface area contributed by atoms with E-state index in [9.17, 15) is 14.0 Å². The number of alkyl halides is 2. The van der Waals surface area contributed by atoms with Gasteiger partial charge in [-0.3, -0.25) is 10.3 Å². The van der Waals surface area contributed by atoms with Crippen molar-refractivity contribution in [3.8, 4) is 0 Å². The van der Waals surface area contributed by atoms with Crippen LogP contribution in [0.25, 0.3) is 0 Å². The van der Waals surface area contributed by atoms with E-state index in [1.54, 1.807) is 25.1 Å². The molecule has 0 amide bonds. The maximum Gasteiger partial charge on any atom is 0.272 e. The molecule has 17 heavy (non-hydrogen) atoms. The van der Waals surface area contributed by atoms with Gasteiger partial charge in [-0.25, -0.2) is 14.2 Å². The summed E-state index contributed by atoms with van der Waals surface area (Å²) < 4.78 is 28.1. The van der Waals surface area contributed by atoms with Crippen molar-refractivity contribution >= 4 is 12.1 Å². The van der Waals surface area contributed by atoms with Crippen LogP contribution in [0.1, 0.15) is 22.7 Å². The molecule has 2 rings (SSSR count). The lowest BCUT2D eigenvalue weighted by Gasteiger charge is -2.24. The van der Waals surface area contributed by atoms with E-state index in [0.717, 1.165) is 5.56 Å². The standard InChI is InChI=1S/C10H13F2N3OS/c1-6-3-2-4-7-5-10(11,12)9(8(6)7)14-15(16)17-13/h2-4,9,14,16H,5,13H2,1H3. The number of benzene rings is 1. The van der Waals surface area contributed by atoms with Gasteiger partial charge in [-0.05, 0) is 28.2 Å². The number of aryl methyl sites for hydroxylation is 1. The molecule has 0 bridgehead atoms. The van der Waals surface area contributed by atoms with Gasteiger partial charge in [0, 0.05) is 18.6 Å². The molecule has 0 saturated carbocycles. The Labute approximate surface area is 102 Å². The third-order valence-electron chi connectivity index (χ3n) is 2.89. The van der Waals surface area contributed by atoms with Crippen LogP contribution in [0.5, 0.6) is 0 Å². The summed E-state index contributed by atoms with van der Waals surface area (Å²) >= 11 is 0.437. The van der Waals surface area contributed by atoms with Crippen LogP contribution in [0.3, 0.4) is 0 Å². The predicted molar refractivity (Wildman–Crippen MR) is 61.1 cm³/mol. The van der Waals surface area contributed by atoms with Gasteiger partial charge >= 0.3 is 0 Å². The van der Waals surface area contributed by atoms with Crippen molar-refractivity contribution in [3.63, 3.8) is 0 Å². The Hall–Kier alpha value is -0.730. The van der Waals surface area contributed by atoms with Crippen molar-refractivity contribution in [3.05, 3.63) is 34.9 Å². The summed E-state index contributed by atoms with van der Waals surface area (Å²) in [5.74, 6) is -2.94. The summed E-state index contributed by atoms with van der Waals surface area (Å²) in [6, 6.07) is 3.95. The molecule has 1 atom stereocenters. The highest BCUT2D eigenvalue weighted by atomic mass is 32.2.